The van der Waals surface area contributed by atoms with Crippen LogP contribution in [0.15, 0.2) is 66.9 Å². The van der Waals surface area contributed by atoms with Gasteiger partial charge >= 0.3 is 5.97 Å². The molecule has 162 valence electrons. The third-order valence-corrected chi connectivity index (χ3v) is 5.38. The van der Waals surface area contributed by atoms with Crippen molar-refractivity contribution in [2.45, 2.75) is 52.4 Å². The van der Waals surface area contributed by atoms with E-state index < -0.39 is 11.6 Å². The van der Waals surface area contributed by atoms with Gasteiger partial charge in [-0.1, -0.05) is 54.1 Å². The molecule has 0 amide bonds. The normalized spacial score (nSPS) is 11.5. The predicted molar refractivity (Wildman–Crippen MR) is 120 cm³/mol. The summed E-state index contributed by atoms with van der Waals surface area (Å²) in [5.41, 5.74) is 3.47. The number of carbonyl (C=O) groups excluding carboxylic acids is 1. The van der Waals surface area contributed by atoms with E-state index in [0.717, 1.165) is 30.5 Å². The molecule has 1 N–H and O–H groups in total. The van der Waals surface area contributed by atoms with E-state index in [1.54, 1.807) is 13.8 Å². The number of carboxylic acids is 1. The van der Waals surface area contributed by atoms with Crippen molar-refractivity contribution in [2.75, 3.05) is 0 Å². The topological polar surface area (TPSA) is 68.5 Å². The molecule has 1 heterocycles. The Morgan fingerprint density at radius 3 is 2.26 bits per heavy atom. The third kappa shape index (κ3) is 5.92. The Morgan fingerprint density at radius 1 is 0.968 bits per heavy atom. The SMILES string of the molecule is Cc1ccc(C(=O)c2cccn2CCCc2ccc(COC(C)(C)C(=O)O)cc2)cc1. The number of ether oxygens (including phenoxy) is 1. The zero-order valence-corrected chi connectivity index (χ0v) is 18.3. The first-order valence-corrected chi connectivity index (χ1v) is 10.5. The van der Waals surface area contributed by atoms with Gasteiger partial charge in [0, 0.05) is 18.3 Å². The molecular weight excluding hydrogens is 390 g/mol. The van der Waals surface area contributed by atoms with E-state index in [1.807, 2.05) is 78.4 Å². The average molecular weight is 420 g/mol. The van der Waals surface area contributed by atoms with Crippen molar-refractivity contribution < 1.29 is 19.4 Å². The average Bonchev–Trinajstić information content (AvgIpc) is 3.21. The number of hydrogen-bond donors (Lipinski definition) is 1. The highest BCUT2D eigenvalue weighted by molar-refractivity contribution is 6.08. The number of ketones is 1. The zero-order valence-electron chi connectivity index (χ0n) is 18.3. The van der Waals surface area contributed by atoms with E-state index in [2.05, 4.69) is 0 Å². The number of rotatable bonds is 10. The van der Waals surface area contributed by atoms with Crippen molar-refractivity contribution in [1.82, 2.24) is 4.57 Å². The summed E-state index contributed by atoms with van der Waals surface area (Å²) >= 11 is 0. The van der Waals surface area contributed by atoms with Crippen molar-refractivity contribution in [3.8, 4) is 0 Å². The molecule has 0 fully saturated rings. The smallest absolute Gasteiger partial charge is 0.335 e. The molecular formula is C26H29NO4. The molecule has 0 spiro atoms. The Labute approximate surface area is 183 Å². The molecule has 0 aliphatic carbocycles. The molecule has 5 heteroatoms. The number of hydrogen-bond acceptors (Lipinski definition) is 3. The number of benzene rings is 2. The lowest BCUT2D eigenvalue weighted by molar-refractivity contribution is -0.162. The van der Waals surface area contributed by atoms with Gasteiger partial charge in [-0.15, -0.1) is 0 Å². The fourth-order valence-electron chi connectivity index (χ4n) is 3.25. The molecule has 0 saturated carbocycles. The first-order chi connectivity index (χ1) is 14.8. The zero-order chi connectivity index (χ0) is 22.4. The minimum Gasteiger partial charge on any atom is -0.479 e. The van der Waals surface area contributed by atoms with Gasteiger partial charge in [-0.2, -0.15) is 0 Å². The van der Waals surface area contributed by atoms with E-state index in [-0.39, 0.29) is 12.4 Å². The lowest BCUT2D eigenvalue weighted by Crippen LogP contribution is -2.34. The van der Waals surface area contributed by atoms with Crippen molar-refractivity contribution in [3.05, 3.63) is 94.8 Å². The van der Waals surface area contributed by atoms with Crippen LogP contribution in [0.25, 0.3) is 0 Å². The van der Waals surface area contributed by atoms with E-state index in [4.69, 9.17) is 9.84 Å². The quantitative estimate of drug-likeness (QED) is 0.468. The molecule has 0 bridgehead atoms. The Morgan fingerprint density at radius 2 is 1.61 bits per heavy atom. The Bertz CT molecular complexity index is 1030. The summed E-state index contributed by atoms with van der Waals surface area (Å²) < 4.78 is 7.50. The van der Waals surface area contributed by atoms with E-state index >= 15 is 0 Å². The lowest BCUT2D eigenvalue weighted by Gasteiger charge is -2.20. The van der Waals surface area contributed by atoms with Crippen molar-refractivity contribution in [3.63, 3.8) is 0 Å². The van der Waals surface area contributed by atoms with Crippen molar-refractivity contribution in [1.29, 1.82) is 0 Å². The molecule has 3 aromatic rings. The number of aryl methyl sites for hydroxylation is 3. The number of aliphatic carboxylic acids is 1. The number of carbonyl (C=O) groups is 2. The van der Waals surface area contributed by atoms with Gasteiger partial charge in [0.05, 0.1) is 12.3 Å². The van der Waals surface area contributed by atoms with Crippen LogP contribution in [0.4, 0.5) is 0 Å². The van der Waals surface area contributed by atoms with Crippen LogP contribution >= 0.6 is 0 Å². The summed E-state index contributed by atoms with van der Waals surface area (Å²) in [6.07, 6.45) is 3.74. The second-order valence-electron chi connectivity index (χ2n) is 8.31. The van der Waals surface area contributed by atoms with E-state index in [1.165, 1.54) is 5.56 Å². The van der Waals surface area contributed by atoms with E-state index in [0.29, 0.717) is 11.3 Å². The van der Waals surface area contributed by atoms with Crippen LogP contribution in [0.3, 0.4) is 0 Å². The maximum Gasteiger partial charge on any atom is 0.335 e. The summed E-state index contributed by atoms with van der Waals surface area (Å²) in [6, 6.07) is 19.5. The standard InChI is InChI=1S/C26H29NO4/c1-19-8-14-22(15-9-19)24(28)23-7-5-17-27(23)16-4-6-20-10-12-21(13-11-20)18-31-26(2,3)25(29)30/h5,7-15,17H,4,6,16,18H2,1-3H3,(H,29,30). The highest BCUT2D eigenvalue weighted by atomic mass is 16.5. The number of aromatic nitrogens is 1. The van der Waals surface area contributed by atoms with Crippen molar-refractivity contribution in [2.24, 2.45) is 0 Å². The van der Waals surface area contributed by atoms with Gasteiger partial charge < -0.3 is 14.4 Å². The highest BCUT2D eigenvalue weighted by Gasteiger charge is 2.27. The minimum atomic E-state index is -1.21. The molecule has 31 heavy (non-hydrogen) atoms. The van der Waals surface area contributed by atoms with Gasteiger partial charge in [-0.05, 0) is 56.9 Å². The Kier molecular flexibility index (Phi) is 7.08. The van der Waals surface area contributed by atoms with Gasteiger partial charge in [0.15, 0.2) is 5.60 Å². The van der Waals surface area contributed by atoms with Crippen LogP contribution in [-0.2, 0) is 29.1 Å². The maximum absolute atomic E-state index is 12.8. The highest BCUT2D eigenvalue weighted by Crippen LogP contribution is 2.16. The summed E-state index contributed by atoms with van der Waals surface area (Å²) in [5.74, 6) is -0.937. The molecule has 1 aromatic heterocycles. The van der Waals surface area contributed by atoms with Crippen LogP contribution < -0.4 is 0 Å². The van der Waals surface area contributed by atoms with E-state index in [9.17, 15) is 9.59 Å². The maximum atomic E-state index is 12.8. The molecule has 0 aliphatic heterocycles. The Balaban J connectivity index is 1.53. The van der Waals surface area contributed by atoms with Crippen LogP contribution in [0, 0.1) is 6.92 Å². The fraction of sp³-hybridized carbons (Fsp3) is 0.308. The molecule has 0 radical (unpaired) electrons. The monoisotopic (exact) mass is 419 g/mol. The van der Waals surface area contributed by atoms with Gasteiger partial charge in [0.2, 0.25) is 5.78 Å². The van der Waals surface area contributed by atoms with Crippen LogP contribution in [0.1, 0.15) is 53.0 Å². The summed E-state index contributed by atoms with van der Waals surface area (Å²) in [4.78, 5) is 23.9. The largest absolute Gasteiger partial charge is 0.479 e. The van der Waals surface area contributed by atoms with Crippen LogP contribution in [0.5, 0.6) is 0 Å². The third-order valence-electron chi connectivity index (χ3n) is 5.38. The molecule has 0 atom stereocenters. The van der Waals surface area contributed by atoms with Gasteiger partial charge in [0.1, 0.15) is 0 Å². The van der Waals surface area contributed by atoms with Gasteiger partial charge in [-0.25, -0.2) is 4.79 Å². The predicted octanol–water partition coefficient (Wildman–Crippen LogP) is 5.04. The van der Waals surface area contributed by atoms with Gasteiger partial charge in [0.25, 0.3) is 0 Å². The lowest BCUT2D eigenvalue weighted by atomic mass is 10.1. The second-order valence-corrected chi connectivity index (χ2v) is 8.31. The second kappa shape index (κ2) is 9.75. The summed E-state index contributed by atoms with van der Waals surface area (Å²) in [7, 11) is 0. The summed E-state index contributed by atoms with van der Waals surface area (Å²) in [5, 5.41) is 9.12. The fourth-order valence-corrected chi connectivity index (χ4v) is 3.25. The molecule has 0 saturated heterocycles. The molecule has 0 aliphatic rings. The Hall–Kier alpha value is -3.18. The molecule has 3 rings (SSSR count). The van der Waals surface area contributed by atoms with Crippen molar-refractivity contribution >= 4 is 11.8 Å². The minimum absolute atomic E-state index is 0.0404. The van der Waals surface area contributed by atoms with Crippen LogP contribution in [-0.4, -0.2) is 27.0 Å². The van der Waals surface area contributed by atoms with Crippen LogP contribution in [0.2, 0.25) is 0 Å². The molecule has 2 aromatic carbocycles. The molecule has 5 nitrogen and oxygen atoms in total. The first-order valence-electron chi connectivity index (χ1n) is 10.5. The first kappa shape index (κ1) is 22.5. The summed E-state index contributed by atoms with van der Waals surface area (Å²) in [6.45, 7) is 6.12. The molecule has 0 unspecified atom stereocenters. The van der Waals surface area contributed by atoms with Gasteiger partial charge in [-0.3, -0.25) is 4.79 Å². The number of nitrogens with zero attached hydrogens (tertiary/aromatic N) is 1. The number of carboxylic acid groups (broad SMARTS) is 1.